The first kappa shape index (κ1) is 20.9. The third-order valence-electron chi connectivity index (χ3n) is 7.91. The number of hydrogen-bond donors (Lipinski definition) is 0. The topological polar surface area (TPSA) is 94.5 Å². The summed E-state index contributed by atoms with van der Waals surface area (Å²) < 4.78 is 10.9. The lowest BCUT2D eigenvalue weighted by Crippen LogP contribution is -2.41. The van der Waals surface area contributed by atoms with Gasteiger partial charge in [0.2, 0.25) is 11.8 Å². The highest BCUT2D eigenvalue weighted by Gasteiger charge is 2.70. The largest absolute Gasteiger partial charge is 0.497 e. The van der Waals surface area contributed by atoms with E-state index in [-0.39, 0.29) is 41.5 Å². The van der Waals surface area contributed by atoms with E-state index >= 15 is 0 Å². The Hall–Kier alpha value is -3.68. The molecule has 2 aliphatic carbocycles. The van der Waals surface area contributed by atoms with Crippen LogP contribution in [0.5, 0.6) is 11.5 Å². The minimum absolute atomic E-state index is 0.0361. The van der Waals surface area contributed by atoms with Gasteiger partial charge in [0.25, 0.3) is 0 Å². The molecule has 2 bridgehead atoms. The van der Waals surface area contributed by atoms with Gasteiger partial charge in [-0.3, -0.25) is 19.3 Å². The van der Waals surface area contributed by atoms with Crippen molar-refractivity contribution in [2.24, 2.45) is 34.7 Å². The van der Waals surface area contributed by atoms with Gasteiger partial charge in [-0.1, -0.05) is 5.16 Å². The number of ether oxygens (including phenoxy) is 2. The number of amides is 2. The van der Waals surface area contributed by atoms with Crippen molar-refractivity contribution in [3.05, 3.63) is 53.6 Å². The number of nitrogens with zero attached hydrogens (tertiary/aromatic N) is 2. The number of anilines is 1. The Morgan fingerprint density at radius 1 is 0.971 bits per heavy atom. The Kier molecular flexibility index (Phi) is 4.56. The van der Waals surface area contributed by atoms with Crippen LogP contribution in [0.25, 0.3) is 0 Å². The SMILES string of the molecule is COc1ccc(C2=NO[C@H]3[C@H]4C[C@@H]([C@@H]23)[C@H]2C(=O)N(c3ccc(C(C)=O)cc3)C(=O)[C@@H]42)c(OC)c1. The number of fused-ring (bicyclic) bond motifs is 8. The van der Waals surface area contributed by atoms with Crippen LogP contribution in [0, 0.1) is 29.6 Å². The molecule has 0 spiro atoms. The van der Waals surface area contributed by atoms with E-state index in [2.05, 4.69) is 5.16 Å². The lowest BCUT2D eigenvalue weighted by atomic mass is 9.71. The zero-order chi connectivity index (χ0) is 23.7. The molecule has 2 saturated carbocycles. The highest BCUT2D eigenvalue weighted by atomic mass is 16.6. The molecule has 34 heavy (non-hydrogen) atoms. The Labute approximate surface area is 196 Å². The quantitative estimate of drug-likeness (QED) is 0.503. The number of oxime groups is 1. The molecular weight excluding hydrogens is 436 g/mol. The fraction of sp³-hybridized carbons (Fsp3) is 0.385. The number of imide groups is 1. The summed E-state index contributed by atoms with van der Waals surface area (Å²) in [5.41, 5.74) is 2.62. The number of rotatable bonds is 5. The van der Waals surface area contributed by atoms with Gasteiger partial charge >= 0.3 is 0 Å². The molecule has 0 unspecified atom stereocenters. The van der Waals surface area contributed by atoms with E-state index in [1.165, 1.54) is 11.8 Å². The molecule has 1 saturated heterocycles. The first-order valence-electron chi connectivity index (χ1n) is 11.4. The number of carbonyl (C=O) groups excluding carboxylic acids is 3. The van der Waals surface area contributed by atoms with E-state index in [0.717, 1.165) is 17.7 Å². The normalized spacial score (nSPS) is 30.7. The van der Waals surface area contributed by atoms with Gasteiger partial charge in [0.15, 0.2) is 5.78 Å². The number of carbonyl (C=O) groups is 3. The molecular formula is C26H24N2O6. The number of ketones is 1. The van der Waals surface area contributed by atoms with Crippen LogP contribution in [-0.2, 0) is 14.4 Å². The van der Waals surface area contributed by atoms with Crippen molar-refractivity contribution >= 4 is 29.0 Å². The molecule has 2 heterocycles. The second kappa shape index (κ2) is 7.41. The summed E-state index contributed by atoms with van der Waals surface area (Å²) in [7, 11) is 3.19. The Morgan fingerprint density at radius 3 is 2.32 bits per heavy atom. The zero-order valence-electron chi connectivity index (χ0n) is 19.1. The summed E-state index contributed by atoms with van der Waals surface area (Å²) in [5, 5.41) is 4.40. The first-order chi connectivity index (χ1) is 16.4. The number of Topliss-reactive ketones (excluding diaryl/α,β-unsaturated/α-hetero) is 1. The monoisotopic (exact) mass is 460 g/mol. The van der Waals surface area contributed by atoms with Crippen molar-refractivity contribution in [3.63, 3.8) is 0 Å². The van der Waals surface area contributed by atoms with E-state index in [1.54, 1.807) is 44.6 Å². The predicted octanol–water partition coefficient (Wildman–Crippen LogP) is 3.08. The maximum absolute atomic E-state index is 13.6. The van der Waals surface area contributed by atoms with E-state index in [4.69, 9.17) is 14.3 Å². The van der Waals surface area contributed by atoms with E-state index < -0.39 is 11.8 Å². The van der Waals surface area contributed by atoms with Crippen LogP contribution >= 0.6 is 0 Å². The smallest absolute Gasteiger partial charge is 0.238 e. The molecule has 0 aromatic heterocycles. The Morgan fingerprint density at radius 2 is 1.68 bits per heavy atom. The molecule has 2 amide bonds. The van der Waals surface area contributed by atoms with Gasteiger partial charge in [-0.25, -0.2) is 0 Å². The average molecular weight is 460 g/mol. The molecule has 174 valence electrons. The number of methoxy groups -OCH3 is 2. The second-order valence-electron chi connectivity index (χ2n) is 9.37. The Bertz CT molecular complexity index is 1250. The zero-order valence-corrected chi connectivity index (χ0v) is 19.1. The predicted molar refractivity (Wildman–Crippen MR) is 122 cm³/mol. The maximum Gasteiger partial charge on any atom is 0.238 e. The van der Waals surface area contributed by atoms with Crippen LogP contribution in [0.4, 0.5) is 5.69 Å². The summed E-state index contributed by atoms with van der Waals surface area (Å²) >= 11 is 0. The minimum atomic E-state index is -0.404. The average Bonchev–Trinajstić information content (AvgIpc) is 3.59. The van der Waals surface area contributed by atoms with Crippen LogP contribution in [-0.4, -0.2) is 43.6 Å². The molecule has 2 aromatic rings. The van der Waals surface area contributed by atoms with Gasteiger partial charge in [-0.15, -0.1) is 0 Å². The molecule has 0 N–H and O–H groups in total. The van der Waals surface area contributed by atoms with Gasteiger partial charge in [0.05, 0.1) is 37.5 Å². The standard InChI is InChI=1S/C26H24N2O6/c1-12(29)13-4-6-14(7-5-13)28-25(30)20-17-11-18(21(20)26(28)31)24-22(17)23(27-34-24)16-9-8-15(32-2)10-19(16)33-3/h4-10,17-18,20-22,24H,11H2,1-3H3/t17-,18+,20-,21+,22+,24+/m1/s1. The van der Waals surface area contributed by atoms with Gasteiger partial charge < -0.3 is 14.3 Å². The van der Waals surface area contributed by atoms with Gasteiger partial charge in [-0.2, -0.15) is 0 Å². The molecule has 0 radical (unpaired) electrons. The molecule has 2 aliphatic heterocycles. The number of benzene rings is 2. The molecule has 6 rings (SSSR count). The lowest BCUT2D eigenvalue weighted by molar-refractivity contribution is -0.125. The molecule has 3 fully saturated rings. The van der Waals surface area contributed by atoms with Crippen molar-refractivity contribution in [1.29, 1.82) is 0 Å². The highest BCUT2D eigenvalue weighted by Crippen LogP contribution is 2.62. The van der Waals surface area contributed by atoms with Crippen LogP contribution in [0.2, 0.25) is 0 Å². The summed E-state index contributed by atoms with van der Waals surface area (Å²) in [6.07, 6.45) is 0.529. The summed E-state index contributed by atoms with van der Waals surface area (Å²) in [6.45, 7) is 1.49. The first-order valence-corrected chi connectivity index (χ1v) is 11.4. The lowest BCUT2D eigenvalue weighted by Gasteiger charge is -2.30. The van der Waals surface area contributed by atoms with Crippen LogP contribution in [0.3, 0.4) is 0 Å². The van der Waals surface area contributed by atoms with E-state index in [0.29, 0.717) is 22.7 Å². The summed E-state index contributed by atoms with van der Waals surface area (Å²) in [5.74, 6) is -0.109. The Balaban J connectivity index is 1.32. The summed E-state index contributed by atoms with van der Waals surface area (Å²) in [6, 6.07) is 12.2. The van der Waals surface area contributed by atoms with Gasteiger partial charge in [0, 0.05) is 29.0 Å². The van der Waals surface area contributed by atoms with Crippen molar-refractivity contribution < 1.29 is 28.7 Å². The van der Waals surface area contributed by atoms with Crippen molar-refractivity contribution in [3.8, 4) is 11.5 Å². The fourth-order valence-corrected chi connectivity index (χ4v) is 6.46. The molecule has 6 atom stereocenters. The van der Waals surface area contributed by atoms with Crippen LogP contribution in [0.15, 0.2) is 47.6 Å². The van der Waals surface area contributed by atoms with Crippen LogP contribution in [0.1, 0.15) is 29.3 Å². The molecule has 8 nitrogen and oxygen atoms in total. The van der Waals surface area contributed by atoms with Crippen molar-refractivity contribution in [2.75, 3.05) is 19.1 Å². The minimum Gasteiger partial charge on any atom is -0.497 e. The maximum atomic E-state index is 13.6. The van der Waals surface area contributed by atoms with Gasteiger partial charge in [0.1, 0.15) is 17.6 Å². The van der Waals surface area contributed by atoms with E-state index in [9.17, 15) is 14.4 Å². The third-order valence-corrected chi connectivity index (χ3v) is 7.91. The second-order valence-corrected chi connectivity index (χ2v) is 9.37. The molecule has 4 aliphatic rings. The molecule has 2 aromatic carbocycles. The van der Waals surface area contributed by atoms with Crippen LogP contribution < -0.4 is 14.4 Å². The third kappa shape index (κ3) is 2.71. The fourth-order valence-electron chi connectivity index (χ4n) is 6.46. The van der Waals surface area contributed by atoms with E-state index in [1.807, 2.05) is 12.1 Å². The molecule has 8 heteroatoms. The highest BCUT2D eigenvalue weighted by molar-refractivity contribution is 6.23. The van der Waals surface area contributed by atoms with Gasteiger partial charge in [-0.05, 0) is 55.7 Å². The van der Waals surface area contributed by atoms with Crippen molar-refractivity contribution in [2.45, 2.75) is 19.4 Å². The number of hydrogen-bond acceptors (Lipinski definition) is 7. The summed E-state index contributed by atoms with van der Waals surface area (Å²) in [4.78, 5) is 45.8. The van der Waals surface area contributed by atoms with Crippen molar-refractivity contribution in [1.82, 2.24) is 0 Å².